The molecule has 1 unspecified atom stereocenters. The first-order valence-corrected chi connectivity index (χ1v) is 5.70. The van der Waals surface area contributed by atoms with E-state index >= 15 is 0 Å². The largest absolute Gasteiger partial charge is 0.379 e. The third-order valence-electron chi connectivity index (χ3n) is 3.03. The predicted molar refractivity (Wildman–Crippen MR) is 65.4 cm³/mol. The van der Waals surface area contributed by atoms with Gasteiger partial charge in [-0.25, -0.2) is 0 Å². The number of carbonyl (C=O) groups excluding carboxylic acids is 1. The van der Waals surface area contributed by atoms with E-state index in [-0.39, 0.29) is 11.9 Å². The Kier molecular flexibility index (Phi) is 3.29. The van der Waals surface area contributed by atoms with Crippen molar-refractivity contribution in [1.82, 2.24) is 4.90 Å². The number of carbonyl (C=O) groups is 1. The molecule has 0 radical (unpaired) electrons. The summed E-state index contributed by atoms with van der Waals surface area (Å²) in [5.41, 5.74) is 1.50. The van der Waals surface area contributed by atoms with Crippen LogP contribution in [-0.2, 0) is 4.79 Å². The van der Waals surface area contributed by atoms with Gasteiger partial charge in [-0.15, -0.1) is 0 Å². The number of amides is 1. The molecule has 0 saturated carbocycles. The third-order valence-corrected chi connectivity index (χ3v) is 3.03. The standard InChI is InChI=1S/C13H15N3O/c1-16-9-11(6-7-13(16)17)15-12-5-3-2-4-10(12)8-14/h2-5,11,15H,6-7,9H2,1H3. The maximum atomic E-state index is 11.4. The van der Waals surface area contributed by atoms with Crippen LogP contribution in [0.25, 0.3) is 0 Å². The summed E-state index contributed by atoms with van der Waals surface area (Å²) in [4.78, 5) is 13.1. The zero-order chi connectivity index (χ0) is 12.3. The zero-order valence-electron chi connectivity index (χ0n) is 9.81. The second kappa shape index (κ2) is 4.88. The van der Waals surface area contributed by atoms with Gasteiger partial charge in [0.15, 0.2) is 0 Å². The van der Waals surface area contributed by atoms with E-state index in [1.165, 1.54) is 0 Å². The number of rotatable bonds is 2. The van der Waals surface area contributed by atoms with Crippen LogP contribution in [0.1, 0.15) is 18.4 Å². The molecular formula is C13H15N3O. The predicted octanol–water partition coefficient (Wildman–Crippen LogP) is 1.59. The number of hydrogen-bond acceptors (Lipinski definition) is 3. The van der Waals surface area contributed by atoms with E-state index in [1.54, 1.807) is 11.0 Å². The molecule has 1 amide bonds. The van der Waals surface area contributed by atoms with Crippen LogP contribution in [0.5, 0.6) is 0 Å². The Morgan fingerprint density at radius 2 is 2.24 bits per heavy atom. The van der Waals surface area contributed by atoms with Crippen molar-refractivity contribution in [3.8, 4) is 6.07 Å². The van der Waals surface area contributed by atoms with Crippen molar-refractivity contribution in [3.63, 3.8) is 0 Å². The van der Waals surface area contributed by atoms with Gasteiger partial charge in [0.2, 0.25) is 5.91 Å². The highest BCUT2D eigenvalue weighted by molar-refractivity contribution is 5.77. The number of nitrogens with one attached hydrogen (secondary N) is 1. The number of benzene rings is 1. The smallest absolute Gasteiger partial charge is 0.222 e. The lowest BCUT2D eigenvalue weighted by Gasteiger charge is -2.31. The summed E-state index contributed by atoms with van der Waals surface area (Å²) in [6, 6.07) is 9.83. The van der Waals surface area contributed by atoms with Crippen LogP contribution >= 0.6 is 0 Å². The average molecular weight is 229 g/mol. The number of nitrogens with zero attached hydrogens (tertiary/aromatic N) is 2. The van der Waals surface area contributed by atoms with Gasteiger partial charge in [0.05, 0.1) is 11.3 Å². The number of piperidine rings is 1. The first kappa shape index (κ1) is 11.5. The lowest BCUT2D eigenvalue weighted by molar-refractivity contribution is -0.132. The minimum atomic E-state index is 0.191. The zero-order valence-corrected chi connectivity index (χ0v) is 9.81. The molecule has 1 N–H and O–H groups in total. The van der Waals surface area contributed by atoms with Gasteiger partial charge >= 0.3 is 0 Å². The minimum absolute atomic E-state index is 0.191. The Hall–Kier alpha value is -2.02. The van der Waals surface area contributed by atoms with E-state index in [4.69, 9.17) is 5.26 Å². The topological polar surface area (TPSA) is 56.1 Å². The molecule has 0 aromatic heterocycles. The van der Waals surface area contributed by atoms with Crippen molar-refractivity contribution in [1.29, 1.82) is 5.26 Å². The maximum Gasteiger partial charge on any atom is 0.222 e. The summed E-state index contributed by atoms with van der Waals surface area (Å²) in [6.45, 7) is 0.693. The van der Waals surface area contributed by atoms with Gasteiger partial charge in [0, 0.05) is 26.1 Å². The first-order chi connectivity index (χ1) is 8.20. The molecule has 0 spiro atoms. The Morgan fingerprint density at radius 1 is 1.47 bits per heavy atom. The van der Waals surface area contributed by atoms with E-state index in [1.807, 2.05) is 25.2 Å². The highest BCUT2D eigenvalue weighted by Crippen LogP contribution is 2.19. The molecule has 2 rings (SSSR count). The molecule has 0 bridgehead atoms. The van der Waals surface area contributed by atoms with Gasteiger partial charge < -0.3 is 10.2 Å². The Bertz CT molecular complexity index is 464. The molecule has 1 aromatic carbocycles. The fraction of sp³-hybridized carbons (Fsp3) is 0.385. The monoisotopic (exact) mass is 229 g/mol. The van der Waals surface area contributed by atoms with Gasteiger partial charge in [-0.05, 0) is 18.6 Å². The molecule has 1 heterocycles. The molecule has 4 nitrogen and oxygen atoms in total. The van der Waals surface area contributed by atoms with Gasteiger partial charge in [-0.1, -0.05) is 12.1 Å². The van der Waals surface area contributed by atoms with Gasteiger partial charge in [-0.3, -0.25) is 4.79 Å². The van der Waals surface area contributed by atoms with Crippen molar-refractivity contribution in [2.45, 2.75) is 18.9 Å². The molecule has 17 heavy (non-hydrogen) atoms. The second-order valence-corrected chi connectivity index (χ2v) is 4.31. The van der Waals surface area contributed by atoms with Crippen molar-refractivity contribution in [3.05, 3.63) is 29.8 Å². The van der Waals surface area contributed by atoms with Crippen LogP contribution in [0, 0.1) is 11.3 Å². The first-order valence-electron chi connectivity index (χ1n) is 5.70. The van der Waals surface area contributed by atoms with Gasteiger partial charge in [0.25, 0.3) is 0 Å². The molecule has 4 heteroatoms. The second-order valence-electron chi connectivity index (χ2n) is 4.31. The highest BCUT2D eigenvalue weighted by atomic mass is 16.2. The Morgan fingerprint density at radius 3 is 2.94 bits per heavy atom. The van der Waals surface area contributed by atoms with E-state index in [2.05, 4.69) is 11.4 Å². The summed E-state index contributed by atoms with van der Waals surface area (Å²) < 4.78 is 0. The Balaban J connectivity index is 2.07. The number of likely N-dealkylation sites (tertiary alicyclic amines) is 1. The number of nitriles is 1. The fourth-order valence-corrected chi connectivity index (χ4v) is 2.06. The minimum Gasteiger partial charge on any atom is -0.379 e. The third kappa shape index (κ3) is 2.56. The SMILES string of the molecule is CN1CC(Nc2ccccc2C#N)CCC1=O. The molecule has 1 saturated heterocycles. The van der Waals surface area contributed by atoms with Crippen LogP contribution < -0.4 is 5.32 Å². The molecule has 0 aliphatic carbocycles. The number of likely N-dealkylation sites (N-methyl/N-ethyl adjacent to an activating group) is 1. The van der Waals surface area contributed by atoms with Crippen molar-refractivity contribution in [2.24, 2.45) is 0 Å². The molecule has 88 valence electrons. The maximum absolute atomic E-state index is 11.4. The van der Waals surface area contributed by atoms with Crippen LogP contribution in [0.3, 0.4) is 0 Å². The summed E-state index contributed by atoms with van der Waals surface area (Å²) in [5.74, 6) is 0.191. The molecular weight excluding hydrogens is 214 g/mol. The van der Waals surface area contributed by atoms with E-state index < -0.39 is 0 Å². The normalized spacial score (nSPS) is 19.9. The lowest BCUT2D eigenvalue weighted by Crippen LogP contribution is -2.43. The molecule has 1 aliphatic rings. The summed E-state index contributed by atoms with van der Waals surface area (Å²) >= 11 is 0. The van der Waals surface area contributed by atoms with Crippen molar-refractivity contribution >= 4 is 11.6 Å². The number of hydrogen-bond donors (Lipinski definition) is 1. The highest BCUT2D eigenvalue weighted by Gasteiger charge is 2.22. The summed E-state index contributed by atoms with van der Waals surface area (Å²) in [5, 5.41) is 12.3. The van der Waals surface area contributed by atoms with E-state index in [0.29, 0.717) is 18.5 Å². The van der Waals surface area contributed by atoms with E-state index in [9.17, 15) is 4.79 Å². The molecule has 1 fully saturated rings. The van der Waals surface area contributed by atoms with E-state index in [0.717, 1.165) is 12.1 Å². The summed E-state index contributed by atoms with van der Waals surface area (Å²) in [6.07, 6.45) is 1.39. The van der Waals surface area contributed by atoms with Crippen LogP contribution in [0.2, 0.25) is 0 Å². The van der Waals surface area contributed by atoms with Crippen molar-refractivity contribution < 1.29 is 4.79 Å². The molecule has 1 aromatic rings. The fourth-order valence-electron chi connectivity index (χ4n) is 2.06. The quantitative estimate of drug-likeness (QED) is 0.837. The molecule has 1 aliphatic heterocycles. The lowest BCUT2D eigenvalue weighted by atomic mass is 10.0. The van der Waals surface area contributed by atoms with Gasteiger partial charge in [-0.2, -0.15) is 5.26 Å². The van der Waals surface area contributed by atoms with Crippen LogP contribution in [-0.4, -0.2) is 30.4 Å². The summed E-state index contributed by atoms with van der Waals surface area (Å²) in [7, 11) is 1.81. The van der Waals surface area contributed by atoms with Crippen LogP contribution in [0.15, 0.2) is 24.3 Å². The van der Waals surface area contributed by atoms with Crippen LogP contribution in [0.4, 0.5) is 5.69 Å². The number of anilines is 1. The van der Waals surface area contributed by atoms with Crippen molar-refractivity contribution in [2.75, 3.05) is 18.9 Å². The number of para-hydroxylation sites is 1. The average Bonchev–Trinajstić information content (AvgIpc) is 2.34. The van der Waals surface area contributed by atoms with Gasteiger partial charge in [0.1, 0.15) is 6.07 Å². The molecule has 1 atom stereocenters. The Labute approximate surface area is 101 Å².